The van der Waals surface area contributed by atoms with Gasteiger partial charge < -0.3 is 14.6 Å². The lowest BCUT2D eigenvalue weighted by molar-refractivity contribution is 0.0696. The molecule has 1 aromatic rings. The average molecular weight is 404 g/mol. The third-order valence-electron chi connectivity index (χ3n) is 5.39. The molecule has 0 aliphatic heterocycles. The monoisotopic (exact) mass is 404 g/mol. The van der Waals surface area contributed by atoms with Crippen LogP contribution in [0.2, 0.25) is 0 Å². The van der Waals surface area contributed by atoms with Gasteiger partial charge in [0.1, 0.15) is 12.2 Å². The summed E-state index contributed by atoms with van der Waals surface area (Å²) in [6.07, 6.45) is 8.17. The highest BCUT2D eigenvalue weighted by atomic mass is 16.6. The van der Waals surface area contributed by atoms with Crippen molar-refractivity contribution in [2.24, 2.45) is 0 Å². The van der Waals surface area contributed by atoms with E-state index in [0.29, 0.717) is 0 Å². The average Bonchev–Trinajstić information content (AvgIpc) is 2.70. The molecule has 0 radical (unpaired) electrons. The summed E-state index contributed by atoms with van der Waals surface area (Å²) in [5.74, 6) is -1.13. The molecule has 0 unspecified atom stereocenters. The Balaban J connectivity index is 1.66. The Morgan fingerprint density at radius 1 is 0.759 bits per heavy atom. The fraction of sp³-hybridized carbons (Fsp3) is 0.571. The quantitative estimate of drug-likeness (QED) is 0.625. The van der Waals surface area contributed by atoms with Gasteiger partial charge in [-0.2, -0.15) is 0 Å². The number of carbonyl (C=O) groups is 3. The lowest BCUT2D eigenvalue weighted by Gasteiger charge is -2.23. The SMILES string of the molecule is O=C(Nc1ccc(C(=O)O)cc1NC(=O)OC1CCCCC1)OC1CCCCC1. The zero-order chi connectivity index (χ0) is 20.6. The maximum Gasteiger partial charge on any atom is 0.411 e. The Hall–Kier alpha value is -2.77. The van der Waals surface area contributed by atoms with Gasteiger partial charge in [0.2, 0.25) is 0 Å². The van der Waals surface area contributed by atoms with Gasteiger partial charge in [0, 0.05) is 0 Å². The summed E-state index contributed by atoms with van der Waals surface area (Å²) in [4.78, 5) is 35.8. The summed E-state index contributed by atoms with van der Waals surface area (Å²) in [6.45, 7) is 0. The molecule has 158 valence electrons. The van der Waals surface area contributed by atoms with Gasteiger partial charge in [-0.25, -0.2) is 14.4 Å². The van der Waals surface area contributed by atoms with Crippen LogP contribution in [-0.2, 0) is 9.47 Å². The van der Waals surface area contributed by atoms with Crippen molar-refractivity contribution < 1.29 is 29.0 Å². The Kier molecular flexibility index (Phi) is 7.32. The second-order valence-corrected chi connectivity index (χ2v) is 7.65. The van der Waals surface area contributed by atoms with Crippen LogP contribution >= 0.6 is 0 Å². The molecule has 2 aliphatic carbocycles. The van der Waals surface area contributed by atoms with E-state index in [0.717, 1.165) is 64.2 Å². The highest BCUT2D eigenvalue weighted by molar-refractivity contribution is 5.98. The normalized spacial score (nSPS) is 17.9. The Morgan fingerprint density at radius 2 is 1.24 bits per heavy atom. The van der Waals surface area contributed by atoms with E-state index in [-0.39, 0.29) is 29.1 Å². The molecule has 2 fully saturated rings. The molecule has 29 heavy (non-hydrogen) atoms. The lowest BCUT2D eigenvalue weighted by Crippen LogP contribution is -2.26. The van der Waals surface area contributed by atoms with Crippen LogP contribution in [0.5, 0.6) is 0 Å². The second-order valence-electron chi connectivity index (χ2n) is 7.65. The molecule has 2 saturated carbocycles. The Morgan fingerprint density at radius 3 is 1.72 bits per heavy atom. The fourth-order valence-corrected chi connectivity index (χ4v) is 3.84. The molecular formula is C21H28N2O6. The first kappa shape index (κ1) is 21.0. The van der Waals surface area contributed by atoms with Crippen molar-refractivity contribution in [3.8, 4) is 0 Å². The predicted molar refractivity (Wildman–Crippen MR) is 107 cm³/mol. The number of carboxylic acid groups (broad SMARTS) is 1. The molecule has 0 heterocycles. The van der Waals surface area contributed by atoms with Gasteiger partial charge in [-0.1, -0.05) is 12.8 Å². The number of ether oxygens (including phenoxy) is 2. The van der Waals surface area contributed by atoms with Crippen molar-refractivity contribution in [1.29, 1.82) is 0 Å². The summed E-state index contributed by atoms with van der Waals surface area (Å²) < 4.78 is 10.9. The third kappa shape index (κ3) is 6.37. The molecule has 0 saturated heterocycles. The van der Waals surface area contributed by atoms with Crippen molar-refractivity contribution in [1.82, 2.24) is 0 Å². The number of carboxylic acids is 1. The zero-order valence-corrected chi connectivity index (χ0v) is 16.4. The molecule has 0 bridgehead atoms. The van der Waals surface area contributed by atoms with Gasteiger partial charge in [0.25, 0.3) is 0 Å². The first-order valence-corrected chi connectivity index (χ1v) is 10.3. The molecule has 2 amide bonds. The molecule has 0 aromatic heterocycles. The maximum absolute atomic E-state index is 12.3. The third-order valence-corrected chi connectivity index (χ3v) is 5.39. The standard InChI is InChI=1S/C21H28N2O6/c24-19(25)14-11-12-17(22-20(26)28-15-7-3-1-4-8-15)18(13-14)23-21(27)29-16-9-5-2-6-10-16/h11-13,15-16H,1-10H2,(H,22,26)(H,23,27)(H,24,25). The molecule has 0 spiro atoms. The van der Waals surface area contributed by atoms with E-state index >= 15 is 0 Å². The van der Waals surface area contributed by atoms with Gasteiger partial charge in [-0.3, -0.25) is 10.6 Å². The van der Waals surface area contributed by atoms with Crippen LogP contribution in [0.25, 0.3) is 0 Å². The summed E-state index contributed by atoms with van der Waals surface area (Å²) in [7, 11) is 0. The van der Waals surface area contributed by atoms with Crippen molar-refractivity contribution in [3.05, 3.63) is 23.8 Å². The van der Waals surface area contributed by atoms with Gasteiger partial charge in [0.05, 0.1) is 16.9 Å². The van der Waals surface area contributed by atoms with E-state index in [1.807, 2.05) is 0 Å². The number of aromatic carboxylic acids is 1. The van der Waals surface area contributed by atoms with Crippen LogP contribution in [-0.4, -0.2) is 35.5 Å². The lowest BCUT2D eigenvalue weighted by atomic mass is 9.98. The van der Waals surface area contributed by atoms with Crippen LogP contribution in [0.15, 0.2) is 18.2 Å². The fourth-order valence-electron chi connectivity index (χ4n) is 3.84. The van der Waals surface area contributed by atoms with E-state index in [2.05, 4.69) is 10.6 Å². The number of benzene rings is 1. The molecule has 8 nitrogen and oxygen atoms in total. The van der Waals surface area contributed by atoms with Crippen molar-refractivity contribution in [3.63, 3.8) is 0 Å². The highest BCUT2D eigenvalue weighted by Gasteiger charge is 2.21. The number of amides is 2. The van der Waals surface area contributed by atoms with E-state index < -0.39 is 18.2 Å². The minimum atomic E-state index is -1.13. The second kappa shape index (κ2) is 10.1. The zero-order valence-electron chi connectivity index (χ0n) is 16.4. The summed E-state index contributed by atoms with van der Waals surface area (Å²) in [5, 5.41) is 14.4. The van der Waals surface area contributed by atoms with Crippen molar-refractivity contribution in [2.75, 3.05) is 10.6 Å². The largest absolute Gasteiger partial charge is 0.478 e. The van der Waals surface area contributed by atoms with Crippen molar-refractivity contribution in [2.45, 2.75) is 76.4 Å². The predicted octanol–water partition coefficient (Wildman–Crippen LogP) is 5.15. The van der Waals surface area contributed by atoms with E-state index in [1.54, 1.807) is 0 Å². The van der Waals surface area contributed by atoms with Crippen LogP contribution in [0.4, 0.5) is 21.0 Å². The molecule has 3 rings (SSSR count). The minimum Gasteiger partial charge on any atom is -0.478 e. The van der Waals surface area contributed by atoms with E-state index in [1.165, 1.54) is 18.2 Å². The molecule has 0 atom stereocenters. The molecule has 8 heteroatoms. The number of hydrogen-bond donors (Lipinski definition) is 3. The maximum atomic E-state index is 12.3. The Bertz CT molecular complexity index is 739. The number of nitrogens with one attached hydrogen (secondary N) is 2. The summed E-state index contributed by atoms with van der Waals surface area (Å²) >= 11 is 0. The smallest absolute Gasteiger partial charge is 0.411 e. The number of rotatable bonds is 5. The summed E-state index contributed by atoms with van der Waals surface area (Å²) in [5.41, 5.74) is 0.409. The van der Waals surface area contributed by atoms with Gasteiger partial charge in [0.15, 0.2) is 0 Å². The molecular weight excluding hydrogens is 376 g/mol. The highest BCUT2D eigenvalue weighted by Crippen LogP contribution is 2.27. The number of anilines is 2. The molecule has 2 aliphatic rings. The van der Waals surface area contributed by atoms with Gasteiger partial charge >= 0.3 is 18.2 Å². The molecule has 1 aromatic carbocycles. The van der Waals surface area contributed by atoms with Crippen molar-refractivity contribution >= 4 is 29.5 Å². The van der Waals surface area contributed by atoms with Gasteiger partial charge in [-0.05, 0) is 69.6 Å². The Labute approximate surface area is 169 Å². The van der Waals surface area contributed by atoms with Crippen LogP contribution in [0.1, 0.15) is 74.6 Å². The first-order valence-electron chi connectivity index (χ1n) is 10.3. The van der Waals surface area contributed by atoms with Crippen LogP contribution in [0.3, 0.4) is 0 Å². The van der Waals surface area contributed by atoms with E-state index in [9.17, 15) is 19.5 Å². The van der Waals surface area contributed by atoms with Crippen LogP contribution < -0.4 is 10.6 Å². The van der Waals surface area contributed by atoms with Crippen LogP contribution in [0, 0.1) is 0 Å². The number of hydrogen-bond acceptors (Lipinski definition) is 5. The van der Waals surface area contributed by atoms with Gasteiger partial charge in [-0.15, -0.1) is 0 Å². The van der Waals surface area contributed by atoms with E-state index in [4.69, 9.17) is 9.47 Å². The minimum absolute atomic E-state index is 0.0100. The summed E-state index contributed by atoms with van der Waals surface area (Å²) in [6, 6.07) is 4.08. The topological polar surface area (TPSA) is 114 Å². The number of carbonyl (C=O) groups excluding carboxylic acids is 2. The first-order chi connectivity index (χ1) is 14.0. The molecule has 3 N–H and O–H groups in total.